The van der Waals surface area contributed by atoms with Crippen LogP contribution in [0.4, 0.5) is 0 Å². The summed E-state index contributed by atoms with van der Waals surface area (Å²) in [6.07, 6.45) is 1.04. The Kier molecular flexibility index (Phi) is 3.10. The SMILES string of the molecule is CCC1Oc2c(Cl)ccc(Cl)c2C1NC. The molecule has 0 saturated heterocycles. The van der Waals surface area contributed by atoms with Gasteiger partial charge in [-0.15, -0.1) is 0 Å². The molecule has 0 radical (unpaired) electrons. The Balaban J connectivity index is 2.51. The van der Waals surface area contributed by atoms with Gasteiger partial charge in [-0.2, -0.15) is 0 Å². The molecule has 1 aromatic carbocycles. The Morgan fingerprint density at radius 3 is 2.60 bits per heavy atom. The third kappa shape index (κ3) is 1.71. The monoisotopic (exact) mass is 245 g/mol. The molecule has 0 saturated carbocycles. The molecule has 0 aliphatic carbocycles. The summed E-state index contributed by atoms with van der Waals surface area (Å²) in [5, 5.41) is 4.56. The molecule has 4 heteroatoms. The highest BCUT2D eigenvalue weighted by atomic mass is 35.5. The first-order valence-electron chi connectivity index (χ1n) is 5.00. The van der Waals surface area contributed by atoms with E-state index < -0.39 is 0 Å². The van der Waals surface area contributed by atoms with E-state index >= 15 is 0 Å². The number of hydrogen-bond donors (Lipinski definition) is 1. The molecule has 82 valence electrons. The number of fused-ring (bicyclic) bond motifs is 1. The molecular weight excluding hydrogens is 233 g/mol. The van der Waals surface area contributed by atoms with Crippen molar-refractivity contribution < 1.29 is 4.74 Å². The standard InChI is InChI=1S/C11H13Cl2NO/c1-3-8-10(14-2)9-6(12)4-5-7(13)11(9)15-8/h4-5,8,10,14H,3H2,1-2H3. The van der Waals surface area contributed by atoms with Crippen molar-refractivity contribution in [2.75, 3.05) is 7.05 Å². The van der Waals surface area contributed by atoms with Crippen LogP contribution in [0.1, 0.15) is 24.9 Å². The molecule has 1 N–H and O–H groups in total. The summed E-state index contributed by atoms with van der Waals surface area (Å²) in [5.41, 5.74) is 0.985. The summed E-state index contributed by atoms with van der Waals surface area (Å²) in [7, 11) is 1.91. The predicted molar refractivity (Wildman–Crippen MR) is 63.0 cm³/mol. The first-order chi connectivity index (χ1) is 7.19. The summed E-state index contributed by atoms with van der Waals surface area (Å²) in [5.74, 6) is 0.732. The highest BCUT2D eigenvalue weighted by molar-refractivity contribution is 6.35. The Hall–Kier alpha value is -0.440. The Morgan fingerprint density at radius 2 is 2.00 bits per heavy atom. The Labute approximate surface area is 99.5 Å². The second-order valence-corrected chi connectivity index (χ2v) is 4.42. The van der Waals surface area contributed by atoms with Crippen molar-refractivity contribution in [2.45, 2.75) is 25.5 Å². The number of nitrogens with one attached hydrogen (secondary N) is 1. The van der Waals surface area contributed by atoms with Crippen molar-refractivity contribution in [2.24, 2.45) is 0 Å². The average molecular weight is 246 g/mol. The fourth-order valence-electron chi connectivity index (χ4n) is 2.01. The van der Waals surface area contributed by atoms with Gasteiger partial charge in [0.25, 0.3) is 0 Å². The first-order valence-corrected chi connectivity index (χ1v) is 5.76. The molecule has 2 rings (SSSR count). The lowest BCUT2D eigenvalue weighted by Gasteiger charge is -2.16. The summed E-state index contributed by atoms with van der Waals surface area (Å²) < 4.78 is 5.79. The average Bonchev–Trinajstić information content (AvgIpc) is 2.63. The topological polar surface area (TPSA) is 21.3 Å². The lowest BCUT2D eigenvalue weighted by Crippen LogP contribution is -2.27. The largest absolute Gasteiger partial charge is 0.486 e. The van der Waals surface area contributed by atoms with Crippen LogP contribution in [0, 0.1) is 0 Å². The first kappa shape index (κ1) is 11.1. The van der Waals surface area contributed by atoms with Crippen LogP contribution in [-0.4, -0.2) is 13.2 Å². The summed E-state index contributed by atoms with van der Waals surface area (Å²) in [6.45, 7) is 2.09. The van der Waals surface area contributed by atoms with Crippen molar-refractivity contribution in [3.63, 3.8) is 0 Å². The zero-order valence-corrected chi connectivity index (χ0v) is 10.2. The molecule has 0 aromatic heterocycles. The van der Waals surface area contributed by atoms with Gasteiger partial charge in [-0.3, -0.25) is 0 Å². The van der Waals surface area contributed by atoms with E-state index in [2.05, 4.69) is 12.2 Å². The predicted octanol–water partition coefficient (Wildman–Crippen LogP) is 3.42. The molecule has 0 fully saturated rings. The van der Waals surface area contributed by atoms with Gasteiger partial charge in [0.2, 0.25) is 0 Å². The second-order valence-electron chi connectivity index (χ2n) is 3.60. The van der Waals surface area contributed by atoms with Crippen LogP contribution in [0.5, 0.6) is 5.75 Å². The number of halogens is 2. The van der Waals surface area contributed by atoms with Crippen LogP contribution in [0.15, 0.2) is 12.1 Å². The van der Waals surface area contributed by atoms with Gasteiger partial charge in [0.05, 0.1) is 11.1 Å². The number of benzene rings is 1. The van der Waals surface area contributed by atoms with E-state index in [9.17, 15) is 0 Å². The van der Waals surface area contributed by atoms with Crippen LogP contribution in [-0.2, 0) is 0 Å². The van der Waals surface area contributed by atoms with Gasteiger partial charge in [-0.25, -0.2) is 0 Å². The molecule has 2 atom stereocenters. The van der Waals surface area contributed by atoms with Gasteiger partial charge < -0.3 is 10.1 Å². The molecule has 0 spiro atoms. The molecule has 1 aliphatic rings. The fraction of sp³-hybridized carbons (Fsp3) is 0.455. The Morgan fingerprint density at radius 1 is 1.33 bits per heavy atom. The van der Waals surface area contributed by atoms with Crippen molar-refractivity contribution >= 4 is 23.2 Å². The molecule has 1 aromatic rings. The van der Waals surface area contributed by atoms with Crippen LogP contribution in [0.3, 0.4) is 0 Å². The maximum atomic E-state index is 6.16. The van der Waals surface area contributed by atoms with Gasteiger partial charge in [0.15, 0.2) is 0 Å². The fourth-order valence-corrected chi connectivity index (χ4v) is 2.49. The van der Waals surface area contributed by atoms with Gasteiger partial charge in [-0.1, -0.05) is 30.1 Å². The molecule has 2 unspecified atom stereocenters. The lowest BCUT2D eigenvalue weighted by molar-refractivity contribution is 0.189. The molecule has 15 heavy (non-hydrogen) atoms. The van der Waals surface area contributed by atoms with Gasteiger partial charge in [0, 0.05) is 10.6 Å². The highest BCUT2D eigenvalue weighted by Crippen LogP contribution is 2.45. The van der Waals surface area contributed by atoms with E-state index in [0.29, 0.717) is 10.0 Å². The van der Waals surface area contributed by atoms with Crippen molar-refractivity contribution in [1.29, 1.82) is 0 Å². The van der Waals surface area contributed by atoms with E-state index in [1.165, 1.54) is 0 Å². The van der Waals surface area contributed by atoms with E-state index in [1.54, 1.807) is 6.07 Å². The minimum atomic E-state index is 0.113. The van der Waals surface area contributed by atoms with Crippen LogP contribution in [0.2, 0.25) is 10.0 Å². The lowest BCUT2D eigenvalue weighted by atomic mass is 10.0. The number of ether oxygens (including phenoxy) is 1. The van der Waals surface area contributed by atoms with Gasteiger partial charge in [-0.05, 0) is 25.6 Å². The quantitative estimate of drug-likeness (QED) is 0.863. The highest BCUT2D eigenvalue weighted by Gasteiger charge is 2.35. The molecule has 1 heterocycles. The minimum Gasteiger partial charge on any atom is -0.486 e. The van der Waals surface area contributed by atoms with E-state index in [0.717, 1.165) is 17.7 Å². The normalized spacial score (nSPS) is 23.7. The number of likely N-dealkylation sites (N-methyl/N-ethyl adjacent to an activating group) is 1. The molecular formula is C11H13Cl2NO. The molecule has 1 aliphatic heterocycles. The molecule has 0 bridgehead atoms. The number of hydrogen-bond acceptors (Lipinski definition) is 2. The van der Waals surface area contributed by atoms with E-state index in [4.69, 9.17) is 27.9 Å². The summed E-state index contributed by atoms with van der Waals surface area (Å²) in [4.78, 5) is 0. The van der Waals surface area contributed by atoms with Crippen LogP contribution >= 0.6 is 23.2 Å². The maximum absolute atomic E-state index is 6.16. The van der Waals surface area contributed by atoms with E-state index in [1.807, 2.05) is 13.1 Å². The zero-order valence-electron chi connectivity index (χ0n) is 8.68. The third-order valence-corrected chi connectivity index (χ3v) is 3.39. The van der Waals surface area contributed by atoms with Gasteiger partial charge in [0.1, 0.15) is 11.9 Å². The molecule has 2 nitrogen and oxygen atoms in total. The zero-order chi connectivity index (χ0) is 11.0. The van der Waals surface area contributed by atoms with E-state index in [-0.39, 0.29) is 12.1 Å². The maximum Gasteiger partial charge on any atom is 0.144 e. The number of rotatable bonds is 2. The van der Waals surface area contributed by atoms with Crippen molar-refractivity contribution in [3.05, 3.63) is 27.7 Å². The molecule has 0 amide bonds. The van der Waals surface area contributed by atoms with Crippen LogP contribution < -0.4 is 10.1 Å². The minimum absolute atomic E-state index is 0.113. The summed E-state index contributed by atoms with van der Waals surface area (Å²) >= 11 is 12.2. The Bertz CT molecular complexity index is 381. The summed E-state index contributed by atoms with van der Waals surface area (Å²) in [6, 6.07) is 3.72. The van der Waals surface area contributed by atoms with Crippen molar-refractivity contribution in [1.82, 2.24) is 5.32 Å². The van der Waals surface area contributed by atoms with Crippen molar-refractivity contribution in [3.8, 4) is 5.75 Å². The van der Waals surface area contributed by atoms with Crippen LogP contribution in [0.25, 0.3) is 0 Å². The second kappa shape index (κ2) is 4.20. The third-order valence-electron chi connectivity index (χ3n) is 2.76. The van der Waals surface area contributed by atoms with Gasteiger partial charge >= 0.3 is 0 Å². The smallest absolute Gasteiger partial charge is 0.144 e.